The van der Waals surface area contributed by atoms with Crippen molar-refractivity contribution >= 4 is 5.96 Å². The number of benzene rings is 2. The van der Waals surface area contributed by atoms with Gasteiger partial charge < -0.3 is 25.2 Å². The molecule has 2 aromatic rings. The number of methoxy groups -OCH3 is 1. The summed E-state index contributed by atoms with van der Waals surface area (Å²) in [5, 5.41) is 15.9. The van der Waals surface area contributed by atoms with Crippen molar-refractivity contribution in [1.82, 2.24) is 10.6 Å². The first-order chi connectivity index (χ1) is 13.3. The summed E-state index contributed by atoms with van der Waals surface area (Å²) in [4.78, 5) is 4.04. The number of rotatable bonds is 7. The van der Waals surface area contributed by atoms with Crippen LogP contribution in [0.3, 0.4) is 0 Å². The number of guanidine groups is 1. The Morgan fingerprint density at radius 1 is 1.11 bits per heavy atom. The predicted octanol–water partition coefficient (Wildman–Crippen LogP) is 3.21. The fraction of sp³-hybridized carbons (Fsp3) is 0.316. The van der Waals surface area contributed by atoms with E-state index < -0.39 is 6.36 Å². The zero-order valence-corrected chi connectivity index (χ0v) is 15.5. The highest BCUT2D eigenvalue weighted by atomic mass is 19.4. The van der Waals surface area contributed by atoms with Gasteiger partial charge in [0.25, 0.3) is 0 Å². The van der Waals surface area contributed by atoms with E-state index in [1.807, 2.05) is 0 Å². The molecule has 0 amide bonds. The second-order valence-corrected chi connectivity index (χ2v) is 5.75. The van der Waals surface area contributed by atoms with Crippen molar-refractivity contribution in [3.63, 3.8) is 0 Å². The molecule has 2 aromatic carbocycles. The third-order valence-electron chi connectivity index (χ3n) is 3.85. The Balaban J connectivity index is 1.89. The first-order valence-electron chi connectivity index (χ1n) is 8.46. The molecule has 3 N–H and O–H groups in total. The summed E-state index contributed by atoms with van der Waals surface area (Å²) in [7, 11) is 3.07. The van der Waals surface area contributed by atoms with Gasteiger partial charge in [0.1, 0.15) is 17.2 Å². The van der Waals surface area contributed by atoms with Gasteiger partial charge in [0.2, 0.25) is 0 Å². The molecular weight excluding hydrogens is 375 g/mol. The molecule has 0 radical (unpaired) electrons. The highest BCUT2D eigenvalue weighted by Gasteiger charge is 2.31. The van der Waals surface area contributed by atoms with Gasteiger partial charge >= 0.3 is 6.36 Å². The van der Waals surface area contributed by atoms with Crippen molar-refractivity contribution in [2.45, 2.75) is 19.3 Å². The zero-order valence-electron chi connectivity index (χ0n) is 15.5. The lowest BCUT2D eigenvalue weighted by Crippen LogP contribution is -2.38. The van der Waals surface area contributed by atoms with Crippen molar-refractivity contribution in [3.8, 4) is 17.2 Å². The summed E-state index contributed by atoms with van der Waals surface area (Å²) in [6.45, 7) is 0.556. The summed E-state index contributed by atoms with van der Waals surface area (Å²) in [5.41, 5.74) is 1.07. The largest absolute Gasteiger partial charge is 0.573 e. The number of para-hydroxylation sites is 1. The average Bonchev–Trinajstić information content (AvgIpc) is 2.65. The third kappa shape index (κ3) is 6.57. The Kier molecular flexibility index (Phi) is 7.36. The molecule has 0 heterocycles. The first-order valence-corrected chi connectivity index (χ1v) is 8.46. The number of phenols is 1. The molecule has 0 saturated carbocycles. The number of phenolic OH excluding ortho intramolecular Hbond substituents is 1. The number of nitrogens with zero attached hydrogens (tertiary/aromatic N) is 1. The highest BCUT2D eigenvalue weighted by Crippen LogP contribution is 2.26. The zero-order chi connectivity index (χ0) is 20.6. The SMILES string of the molecule is CN=C(NCCc1ccc(OC)cc1O)NCc1ccccc1OC(F)(F)F. The van der Waals surface area contributed by atoms with Crippen LogP contribution >= 0.6 is 0 Å². The number of alkyl halides is 3. The maximum absolute atomic E-state index is 12.5. The molecule has 0 atom stereocenters. The molecule has 2 rings (SSSR count). The maximum Gasteiger partial charge on any atom is 0.573 e. The van der Waals surface area contributed by atoms with Gasteiger partial charge in [-0.2, -0.15) is 0 Å². The normalized spacial score (nSPS) is 11.8. The summed E-state index contributed by atoms with van der Waals surface area (Å²) < 4.78 is 46.5. The molecule has 0 fully saturated rings. The molecule has 152 valence electrons. The van der Waals surface area contributed by atoms with Crippen molar-refractivity contribution < 1.29 is 27.8 Å². The molecule has 0 saturated heterocycles. The predicted molar refractivity (Wildman–Crippen MR) is 99.7 cm³/mol. The number of ether oxygens (including phenoxy) is 2. The van der Waals surface area contributed by atoms with E-state index >= 15 is 0 Å². The quantitative estimate of drug-likeness (QED) is 0.494. The van der Waals surface area contributed by atoms with Gasteiger partial charge in [-0.3, -0.25) is 4.99 Å². The van der Waals surface area contributed by atoms with Crippen LogP contribution in [-0.4, -0.2) is 38.1 Å². The molecule has 28 heavy (non-hydrogen) atoms. The number of nitrogens with one attached hydrogen (secondary N) is 2. The molecule has 0 aromatic heterocycles. The van der Waals surface area contributed by atoms with E-state index in [1.165, 1.54) is 31.4 Å². The molecule has 6 nitrogen and oxygen atoms in total. The summed E-state index contributed by atoms with van der Waals surface area (Å²) >= 11 is 0. The van der Waals surface area contributed by atoms with Gasteiger partial charge in [-0.15, -0.1) is 13.2 Å². The standard InChI is InChI=1S/C19H22F3N3O3/c1-23-18(24-10-9-13-7-8-15(27-2)11-16(13)26)25-12-14-5-3-4-6-17(14)28-19(20,21)22/h3-8,11,26H,9-10,12H2,1-2H3,(H2,23,24,25). The van der Waals surface area contributed by atoms with Crippen molar-refractivity contribution in [2.24, 2.45) is 4.99 Å². The number of aliphatic imine (C=N–C) groups is 1. The highest BCUT2D eigenvalue weighted by molar-refractivity contribution is 5.79. The van der Waals surface area contributed by atoms with E-state index in [-0.39, 0.29) is 18.0 Å². The molecule has 0 aliphatic rings. The lowest BCUT2D eigenvalue weighted by Gasteiger charge is -2.16. The third-order valence-corrected chi connectivity index (χ3v) is 3.85. The second-order valence-electron chi connectivity index (χ2n) is 5.75. The Morgan fingerprint density at radius 2 is 1.86 bits per heavy atom. The van der Waals surface area contributed by atoms with Crippen molar-refractivity contribution in [2.75, 3.05) is 20.7 Å². The van der Waals surface area contributed by atoms with Crippen LogP contribution in [0.5, 0.6) is 17.2 Å². The Bertz CT molecular complexity index is 810. The van der Waals surface area contributed by atoms with Crippen molar-refractivity contribution in [1.29, 1.82) is 0 Å². The number of aromatic hydroxyl groups is 1. The minimum absolute atomic E-state index is 0.0969. The molecule has 9 heteroatoms. The topological polar surface area (TPSA) is 75.1 Å². The van der Waals surface area contributed by atoms with Gasteiger partial charge in [0, 0.05) is 31.8 Å². The number of hydrogen-bond donors (Lipinski definition) is 3. The van der Waals surface area contributed by atoms with Crippen LogP contribution in [0.15, 0.2) is 47.5 Å². The van der Waals surface area contributed by atoms with E-state index in [9.17, 15) is 18.3 Å². The van der Waals surface area contributed by atoms with Gasteiger partial charge in [-0.25, -0.2) is 0 Å². The van der Waals surface area contributed by atoms with Crippen LogP contribution in [0.1, 0.15) is 11.1 Å². The molecule has 0 bridgehead atoms. The fourth-order valence-electron chi connectivity index (χ4n) is 2.47. The van der Waals surface area contributed by atoms with Gasteiger partial charge in [0.15, 0.2) is 5.96 Å². The van der Waals surface area contributed by atoms with Crippen LogP contribution in [-0.2, 0) is 13.0 Å². The van der Waals surface area contributed by atoms with Crippen LogP contribution in [0.2, 0.25) is 0 Å². The van der Waals surface area contributed by atoms with Gasteiger partial charge in [-0.05, 0) is 24.1 Å². The summed E-state index contributed by atoms with van der Waals surface area (Å²) in [6.07, 6.45) is -4.24. The fourth-order valence-corrected chi connectivity index (χ4v) is 2.47. The monoisotopic (exact) mass is 397 g/mol. The maximum atomic E-state index is 12.5. The number of halogens is 3. The van der Waals surface area contributed by atoms with Gasteiger partial charge in [-0.1, -0.05) is 24.3 Å². The minimum atomic E-state index is -4.75. The lowest BCUT2D eigenvalue weighted by atomic mass is 10.1. The summed E-state index contributed by atoms with van der Waals surface area (Å²) in [5.74, 6) is 0.838. The second kappa shape index (κ2) is 9.72. The van der Waals surface area contributed by atoms with E-state index in [4.69, 9.17) is 4.74 Å². The van der Waals surface area contributed by atoms with Crippen LogP contribution in [0, 0.1) is 0 Å². The lowest BCUT2D eigenvalue weighted by molar-refractivity contribution is -0.274. The molecule has 0 unspecified atom stereocenters. The summed E-state index contributed by atoms with van der Waals surface area (Å²) in [6, 6.07) is 10.9. The smallest absolute Gasteiger partial charge is 0.508 e. The van der Waals surface area contributed by atoms with Gasteiger partial charge in [0.05, 0.1) is 7.11 Å². The molecule has 0 aliphatic heterocycles. The Hall–Kier alpha value is -3.10. The number of hydrogen-bond acceptors (Lipinski definition) is 4. The van der Waals surface area contributed by atoms with E-state index in [0.717, 1.165) is 5.56 Å². The molecule has 0 spiro atoms. The minimum Gasteiger partial charge on any atom is -0.508 e. The van der Waals surface area contributed by atoms with E-state index in [1.54, 1.807) is 25.2 Å². The van der Waals surface area contributed by atoms with Crippen LogP contribution < -0.4 is 20.1 Å². The van der Waals surface area contributed by atoms with Crippen LogP contribution in [0.25, 0.3) is 0 Å². The van der Waals surface area contributed by atoms with Crippen molar-refractivity contribution in [3.05, 3.63) is 53.6 Å². The average molecular weight is 397 g/mol. The van der Waals surface area contributed by atoms with Crippen LogP contribution in [0.4, 0.5) is 13.2 Å². The first kappa shape index (κ1) is 21.2. The Labute approximate surface area is 161 Å². The molecule has 0 aliphatic carbocycles. The molecular formula is C19H22F3N3O3. The Morgan fingerprint density at radius 3 is 2.50 bits per heavy atom. The van der Waals surface area contributed by atoms with E-state index in [2.05, 4.69) is 20.4 Å². The van der Waals surface area contributed by atoms with E-state index in [0.29, 0.717) is 30.2 Å².